The zero-order chi connectivity index (χ0) is 13.7. The average molecular weight is 268 g/mol. The Morgan fingerprint density at radius 3 is 1.84 bits per heavy atom. The van der Waals surface area contributed by atoms with Gasteiger partial charge in [0, 0.05) is 6.92 Å². The summed E-state index contributed by atoms with van der Waals surface area (Å²) in [6.07, 6.45) is 8.82. The van der Waals surface area contributed by atoms with E-state index in [4.69, 9.17) is 9.47 Å². The summed E-state index contributed by atoms with van der Waals surface area (Å²) < 4.78 is 10.8. The largest absolute Gasteiger partial charge is 0.463 e. The molecule has 2 rings (SSSR count). The molecule has 0 spiro atoms. The van der Waals surface area contributed by atoms with E-state index in [-0.39, 0.29) is 30.1 Å². The lowest BCUT2D eigenvalue weighted by molar-refractivity contribution is -0.161. The van der Waals surface area contributed by atoms with Gasteiger partial charge in [-0.05, 0) is 38.5 Å². The smallest absolute Gasteiger partial charge is 0.309 e. The predicted octanol–water partition coefficient (Wildman–Crippen LogP) is 2.98. The van der Waals surface area contributed by atoms with Crippen molar-refractivity contribution in [2.45, 2.75) is 76.9 Å². The van der Waals surface area contributed by atoms with Crippen molar-refractivity contribution in [1.82, 2.24) is 0 Å². The molecule has 19 heavy (non-hydrogen) atoms. The molecule has 2 aliphatic carbocycles. The van der Waals surface area contributed by atoms with Crippen molar-refractivity contribution in [3.63, 3.8) is 0 Å². The van der Waals surface area contributed by atoms with Gasteiger partial charge >= 0.3 is 11.9 Å². The molecule has 0 aromatic heterocycles. The molecule has 0 aromatic carbocycles. The minimum atomic E-state index is -0.220. The Balaban J connectivity index is 1.69. The van der Waals surface area contributed by atoms with Gasteiger partial charge in [-0.25, -0.2) is 0 Å². The van der Waals surface area contributed by atoms with Crippen molar-refractivity contribution >= 4 is 11.9 Å². The Hall–Kier alpha value is -1.06. The van der Waals surface area contributed by atoms with Gasteiger partial charge in [0.15, 0.2) is 0 Å². The van der Waals surface area contributed by atoms with E-state index in [0.717, 1.165) is 51.4 Å². The Bertz CT molecular complexity index is 312. The standard InChI is InChI=1S/C15H24O4/c1-11(16)18-13-7-9-14(10-8-13)19-15(17)12-5-3-2-4-6-12/h12-14H,2-10H2,1H3. The lowest BCUT2D eigenvalue weighted by Gasteiger charge is -2.29. The van der Waals surface area contributed by atoms with Crippen LogP contribution in [0.25, 0.3) is 0 Å². The van der Waals surface area contributed by atoms with Crippen LogP contribution < -0.4 is 0 Å². The zero-order valence-corrected chi connectivity index (χ0v) is 11.7. The summed E-state index contributed by atoms with van der Waals surface area (Å²) in [5.74, 6) is -0.0989. The number of rotatable bonds is 3. The van der Waals surface area contributed by atoms with Gasteiger partial charge in [0.05, 0.1) is 5.92 Å². The van der Waals surface area contributed by atoms with E-state index in [1.807, 2.05) is 0 Å². The minimum absolute atomic E-state index is 0.00404. The molecule has 0 saturated heterocycles. The second kappa shape index (κ2) is 6.92. The molecule has 2 fully saturated rings. The third kappa shape index (κ3) is 4.51. The van der Waals surface area contributed by atoms with Gasteiger partial charge < -0.3 is 9.47 Å². The lowest BCUT2D eigenvalue weighted by atomic mass is 9.89. The van der Waals surface area contributed by atoms with E-state index in [9.17, 15) is 9.59 Å². The molecule has 4 nitrogen and oxygen atoms in total. The fraction of sp³-hybridized carbons (Fsp3) is 0.867. The van der Waals surface area contributed by atoms with Crippen molar-refractivity contribution in [3.8, 4) is 0 Å². The van der Waals surface area contributed by atoms with Crippen molar-refractivity contribution < 1.29 is 19.1 Å². The summed E-state index contributed by atoms with van der Waals surface area (Å²) in [5, 5.41) is 0. The molecule has 2 aliphatic rings. The third-order valence-corrected chi connectivity index (χ3v) is 4.18. The van der Waals surface area contributed by atoms with E-state index in [1.54, 1.807) is 0 Å². The minimum Gasteiger partial charge on any atom is -0.463 e. The van der Waals surface area contributed by atoms with Gasteiger partial charge in [0.2, 0.25) is 0 Å². The molecule has 0 aliphatic heterocycles. The fourth-order valence-corrected chi connectivity index (χ4v) is 3.10. The van der Waals surface area contributed by atoms with E-state index in [0.29, 0.717) is 0 Å². The maximum absolute atomic E-state index is 12.0. The van der Waals surface area contributed by atoms with Crippen LogP contribution in [0, 0.1) is 5.92 Å². The quantitative estimate of drug-likeness (QED) is 0.738. The summed E-state index contributed by atoms with van der Waals surface area (Å²) in [7, 11) is 0. The number of carbonyl (C=O) groups excluding carboxylic acids is 2. The molecule has 0 atom stereocenters. The van der Waals surface area contributed by atoms with Crippen molar-refractivity contribution in [2.24, 2.45) is 5.92 Å². The van der Waals surface area contributed by atoms with Crippen LogP contribution in [0.1, 0.15) is 64.7 Å². The highest BCUT2D eigenvalue weighted by Gasteiger charge is 2.29. The van der Waals surface area contributed by atoms with Gasteiger partial charge in [0.1, 0.15) is 12.2 Å². The van der Waals surface area contributed by atoms with Crippen LogP contribution >= 0.6 is 0 Å². The monoisotopic (exact) mass is 268 g/mol. The summed E-state index contributed by atoms with van der Waals surface area (Å²) in [4.78, 5) is 22.9. The summed E-state index contributed by atoms with van der Waals surface area (Å²) in [6, 6.07) is 0. The maximum Gasteiger partial charge on any atom is 0.309 e. The first-order valence-electron chi connectivity index (χ1n) is 7.53. The zero-order valence-electron chi connectivity index (χ0n) is 11.7. The highest BCUT2D eigenvalue weighted by Crippen LogP contribution is 2.28. The first-order valence-corrected chi connectivity index (χ1v) is 7.53. The van der Waals surface area contributed by atoms with E-state index in [2.05, 4.69) is 0 Å². The topological polar surface area (TPSA) is 52.6 Å². The van der Waals surface area contributed by atoms with E-state index < -0.39 is 0 Å². The Labute approximate surface area is 114 Å². The van der Waals surface area contributed by atoms with E-state index in [1.165, 1.54) is 13.3 Å². The number of esters is 2. The van der Waals surface area contributed by atoms with Gasteiger partial charge in [-0.15, -0.1) is 0 Å². The first-order chi connectivity index (χ1) is 9.15. The average Bonchev–Trinajstić information content (AvgIpc) is 2.41. The van der Waals surface area contributed by atoms with Gasteiger partial charge in [-0.3, -0.25) is 9.59 Å². The Morgan fingerprint density at radius 2 is 1.32 bits per heavy atom. The van der Waals surface area contributed by atoms with Crippen molar-refractivity contribution in [2.75, 3.05) is 0 Å². The SMILES string of the molecule is CC(=O)OC1CCC(OC(=O)C2CCCCC2)CC1. The molecule has 4 heteroatoms. The molecule has 0 radical (unpaired) electrons. The molecule has 108 valence electrons. The second-order valence-electron chi connectivity index (χ2n) is 5.78. The summed E-state index contributed by atoms with van der Waals surface area (Å²) >= 11 is 0. The van der Waals surface area contributed by atoms with Gasteiger partial charge in [0.25, 0.3) is 0 Å². The van der Waals surface area contributed by atoms with Crippen LogP contribution in [0.2, 0.25) is 0 Å². The number of carbonyl (C=O) groups is 2. The first kappa shape index (κ1) is 14.4. The second-order valence-corrected chi connectivity index (χ2v) is 5.78. The number of ether oxygens (including phenoxy) is 2. The molecule has 0 heterocycles. The molecule has 0 aromatic rings. The molecule has 0 amide bonds. The summed E-state index contributed by atoms with van der Waals surface area (Å²) in [6.45, 7) is 1.44. The van der Waals surface area contributed by atoms with Crippen LogP contribution in [0.4, 0.5) is 0 Å². The van der Waals surface area contributed by atoms with Crippen LogP contribution in [-0.2, 0) is 19.1 Å². The van der Waals surface area contributed by atoms with Gasteiger partial charge in [-0.2, -0.15) is 0 Å². The molecular weight excluding hydrogens is 244 g/mol. The highest BCUT2D eigenvalue weighted by atomic mass is 16.6. The third-order valence-electron chi connectivity index (χ3n) is 4.18. The highest BCUT2D eigenvalue weighted by molar-refractivity contribution is 5.72. The number of hydrogen-bond acceptors (Lipinski definition) is 4. The molecule has 2 saturated carbocycles. The van der Waals surface area contributed by atoms with Gasteiger partial charge in [-0.1, -0.05) is 19.3 Å². The summed E-state index contributed by atoms with van der Waals surface area (Å²) in [5.41, 5.74) is 0. The lowest BCUT2D eigenvalue weighted by Crippen LogP contribution is -2.31. The number of hydrogen-bond donors (Lipinski definition) is 0. The molecule has 0 bridgehead atoms. The predicted molar refractivity (Wildman–Crippen MR) is 70.5 cm³/mol. The fourth-order valence-electron chi connectivity index (χ4n) is 3.10. The van der Waals surface area contributed by atoms with Crippen molar-refractivity contribution in [1.29, 1.82) is 0 Å². The van der Waals surface area contributed by atoms with Crippen LogP contribution in [0.3, 0.4) is 0 Å². The normalized spacial score (nSPS) is 28.7. The van der Waals surface area contributed by atoms with Crippen LogP contribution in [-0.4, -0.2) is 24.1 Å². The van der Waals surface area contributed by atoms with E-state index >= 15 is 0 Å². The maximum atomic E-state index is 12.0. The molecule has 0 N–H and O–H groups in total. The molecular formula is C15H24O4. The van der Waals surface area contributed by atoms with Crippen LogP contribution in [0.5, 0.6) is 0 Å². The Kier molecular flexibility index (Phi) is 5.23. The molecule has 0 unspecified atom stereocenters. The van der Waals surface area contributed by atoms with Crippen LogP contribution in [0.15, 0.2) is 0 Å². The van der Waals surface area contributed by atoms with Crippen molar-refractivity contribution in [3.05, 3.63) is 0 Å². The Morgan fingerprint density at radius 1 is 0.789 bits per heavy atom.